The number of nitrogens with one attached hydrogen (secondary N) is 1. The number of anilines is 1. The van der Waals surface area contributed by atoms with Crippen LogP contribution in [0.25, 0.3) is 0 Å². The number of aromatic nitrogens is 1. The number of aliphatic hydroxyl groups is 1. The maximum atomic E-state index is 13.1. The lowest BCUT2D eigenvalue weighted by molar-refractivity contribution is 0.0626. The summed E-state index contributed by atoms with van der Waals surface area (Å²) in [7, 11) is 3.23. The second-order valence-electron chi connectivity index (χ2n) is 7.16. The van der Waals surface area contributed by atoms with E-state index in [1.54, 1.807) is 20.3 Å². The summed E-state index contributed by atoms with van der Waals surface area (Å²) in [5, 5.41) is 14.2. The molecule has 1 fully saturated rings. The van der Waals surface area contributed by atoms with Crippen LogP contribution in [0.1, 0.15) is 12.0 Å². The molecule has 29 heavy (non-hydrogen) atoms. The van der Waals surface area contributed by atoms with Crippen molar-refractivity contribution in [3.8, 4) is 11.5 Å². The van der Waals surface area contributed by atoms with Gasteiger partial charge in [0.25, 0.3) is 0 Å². The molecule has 1 aliphatic heterocycles. The normalized spacial score (nSPS) is 18.8. The minimum absolute atomic E-state index is 0.366. The third-order valence-corrected chi connectivity index (χ3v) is 4.92. The van der Waals surface area contributed by atoms with Crippen molar-refractivity contribution in [2.75, 3.05) is 52.0 Å². The molecule has 0 aliphatic carbocycles. The first kappa shape index (κ1) is 21.3. The summed E-state index contributed by atoms with van der Waals surface area (Å²) in [6, 6.07) is 8.77. The molecule has 0 saturated carbocycles. The van der Waals surface area contributed by atoms with Crippen LogP contribution >= 0.6 is 0 Å². The van der Waals surface area contributed by atoms with E-state index in [1.165, 1.54) is 12.3 Å². The average Bonchev–Trinajstić information content (AvgIpc) is 3.11. The predicted molar refractivity (Wildman–Crippen MR) is 108 cm³/mol. The van der Waals surface area contributed by atoms with Crippen molar-refractivity contribution in [2.24, 2.45) is 0 Å². The molecule has 3 rings (SSSR count). The van der Waals surface area contributed by atoms with Crippen molar-refractivity contribution >= 4 is 5.82 Å². The van der Waals surface area contributed by atoms with Gasteiger partial charge in [0.2, 0.25) is 0 Å². The third-order valence-electron chi connectivity index (χ3n) is 4.92. The monoisotopic (exact) mass is 405 g/mol. The molecule has 0 amide bonds. The lowest BCUT2D eigenvalue weighted by Gasteiger charge is -2.24. The molecule has 1 aliphatic rings. The Kier molecular flexibility index (Phi) is 7.24. The number of benzene rings is 1. The van der Waals surface area contributed by atoms with Crippen molar-refractivity contribution in [3.63, 3.8) is 0 Å². The van der Waals surface area contributed by atoms with Gasteiger partial charge in [-0.1, -0.05) is 6.07 Å². The smallest absolute Gasteiger partial charge is 0.161 e. The van der Waals surface area contributed by atoms with Gasteiger partial charge in [0.15, 0.2) is 11.5 Å². The maximum Gasteiger partial charge on any atom is 0.161 e. The number of hydrogen-bond donors (Lipinski definition) is 2. The molecule has 7 nitrogen and oxygen atoms in total. The van der Waals surface area contributed by atoms with Gasteiger partial charge in [0.1, 0.15) is 18.2 Å². The largest absolute Gasteiger partial charge is 0.493 e. The predicted octanol–water partition coefficient (Wildman–Crippen LogP) is 1.99. The van der Waals surface area contributed by atoms with Gasteiger partial charge in [-0.15, -0.1) is 0 Å². The zero-order chi connectivity index (χ0) is 20.7. The Morgan fingerprint density at radius 3 is 2.79 bits per heavy atom. The molecule has 0 bridgehead atoms. The molecular weight excluding hydrogens is 377 g/mol. The quantitative estimate of drug-likeness (QED) is 0.586. The fourth-order valence-corrected chi connectivity index (χ4v) is 3.37. The number of rotatable bonds is 10. The summed E-state index contributed by atoms with van der Waals surface area (Å²) in [4.78, 5) is 6.06. The number of hydrogen-bond acceptors (Lipinski definition) is 7. The number of β-amino-alcohol motifs (C(OH)–C–C–N with tert-alkyl or cyclic N) is 1. The Bertz CT molecular complexity index is 790. The molecule has 1 unspecified atom stereocenters. The first-order valence-electron chi connectivity index (χ1n) is 9.61. The van der Waals surface area contributed by atoms with E-state index in [0.717, 1.165) is 5.56 Å². The first-order chi connectivity index (χ1) is 14.0. The van der Waals surface area contributed by atoms with Gasteiger partial charge >= 0.3 is 0 Å². The average molecular weight is 405 g/mol. The van der Waals surface area contributed by atoms with Crippen molar-refractivity contribution in [3.05, 3.63) is 47.9 Å². The molecule has 1 atom stereocenters. The molecule has 158 valence electrons. The number of ether oxygens (including phenoxy) is 3. The molecule has 2 heterocycles. The first-order valence-corrected chi connectivity index (χ1v) is 9.61. The number of pyridine rings is 1. The number of methoxy groups -OCH3 is 2. The zero-order valence-corrected chi connectivity index (χ0v) is 16.9. The van der Waals surface area contributed by atoms with Crippen LogP contribution in [-0.2, 0) is 11.3 Å². The van der Waals surface area contributed by atoms with Crippen LogP contribution < -0.4 is 19.7 Å². The fraction of sp³-hybridized carbons (Fsp3) is 0.476. The topological polar surface area (TPSA) is 76.1 Å². The van der Waals surface area contributed by atoms with E-state index >= 15 is 0 Å². The Labute approximate surface area is 170 Å². The van der Waals surface area contributed by atoms with Gasteiger partial charge in [-0.25, -0.2) is 9.37 Å². The van der Waals surface area contributed by atoms with Gasteiger partial charge in [0, 0.05) is 33.3 Å². The summed E-state index contributed by atoms with van der Waals surface area (Å²) >= 11 is 0. The van der Waals surface area contributed by atoms with Gasteiger partial charge in [0.05, 0.1) is 25.5 Å². The lowest BCUT2D eigenvalue weighted by atomic mass is 10.0. The Balaban J connectivity index is 1.52. The van der Waals surface area contributed by atoms with Crippen molar-refractivity contribution in [2.45, 2.75) is 18.6 Å². The summed E-state index contributed by atoms with van der Waals surface area (Å²) in [5.74, 6) is 1.64. The van der Waals surface area contributed by atoms with E-state index in [1.807, 2.05) is 23.1 Å². The lowest BCUT2D eigenvalue weighted by Crippen LogP contribution is -2.43. The molecule has 2 N–H and O–H groups in total. The zero-order valence-electron chi connectivity index (χ0n) is 16.9. The van der Waals surface area contributed by atoms with Crippen LogP contribution in [0.5, 0.6) is 11.5 Å². The second kappa shape index (κ2) is 9.87. The van der Waals surface area contributed by atoms with Crippen LogP contribution in [0.2, 0.25) is 0 Å². The van der Waals surface area contributed by atoms with Gasteiger partial charge < -0.3 is 29.5 Å². The van der Waals surface area contributed by atoms with Crippen molar-refractivity contribution in [1.82, 2.24) is 10.3 Å². The molecule has 1 aromatic carbocycles. The van der Waals surface area contributed by atoms with E-state index in [9.17, 15) is 9.50 Å². The highest BCUT2D eigenvalue weighted by atomic mass is 19.1. The summed E-state index contributed by atoms with van der Waals surface area (Å²) < 4.78 is 29.1. The van der Waals surface area contributed by atoms with E-state index in [2.05, 4.69) is 10.3 Å². The summed E-state index contributed by atoms with van der Waals surface area (Å²) in [6.07, 6.45) is 1.81. The third kappa shape index (κ3) is 5.79. The fourth-order valence-electron chi connectivity index (χ4n) is 3.37. The maximum absolute atomic E-state index is 13.1. The van der Waals surface area contributed by atoms with Crippen molar-refractivity contribution in [1.29, 1.82) is 0 Å². The van der Waals surface area contributed by atoms with E-state index in [0.29, 0.717) is 63.1 Å². The second-order valence-corrected chi connectivity index (χ2v) is 7.16. The summed E-state index contributed by atoms with van der Waals surface area (Å²) in [5.41, 5.74) is 0.164. The minimum atomic E-state index is -0.861. The highest BCUT2D eigenvalue weighted by Gasteiger charge is 2.36. The molecule has 8 heteroatoms. The van der Waals surface area contributed by atoms with E-state index in [-0.39, 0.29) is 5.82 Å². The molecule has 0 spiro atoms. The van der Waals surface area contributed by atoms with Gasteiger partial charge in [-0.2, -0.15) is 0 Å². The van der Waals surface area contributed by atoms with Gasteiger partial charge in [-0.05, 0) is 36.2 Å². The molecule has 2 aromatic rings. The van der Waals surface area contributed by atoms with Crippen LogP contribution in [-0.4, -0.2) is 62.8 Å². The highest BCUT2D eigenvalue weighted by molar-refractivity contribution is 5.43. The summed E-state index contributed by atoms with van der Waals surface area (Å²) in [6.45, 7) is 3.09. The molecular formula is C21H28FN3O4. The van der Waals surface area contributed by atoms with Gasteiger partial charge in [-0.3, -0.25) is 0 Å². The molecule has 1 saturated heterocycles. The highest BCUT2D eigenvalue weighted by Crippen LogP contribution is 2.28. The van der Waals surface area contributed by atoms with Crippen LogP contribution in [0, 0.1) is 5.82 Å². The Hall–Kier alpha value is -2.42. The minimum Gasteiger partial charge on any atom is -0.493 e. The standard InChI is InChI=1S/C21H28FN3O4/c1-27-9-10-29-19-11-16(3-5-18(19)28-2)12-23-14-21(26)7-8-25(15-21)20-6-4-17(22)13-24-20/h3-6,11,13,23,26H,7-10,12,14-15H2,1-2H3. The molecule has 1 aromatic heterocycles. The van der Waals surface area contributed by atoms with E-state index in [4.69, 9.17) is 14.2 Å². The SMILES string of the molecule is COCCOc1cc(CNCC2(O)CCN(c3ccc(F)cn3)C2)ccc1OC. The number of nitrogens with zero attached hydrogens (tertiary/aromatic N) is 2. The molecule has 0 radical (unpaired) electrons. The van der Waals surface area contributed by atoms with Crippen molar-refractivity contribution < 1.29 is 23.7 Å². The van der Waals surface area contributed by atoms with Crippen LogP contribution in [0.3, 0.4) is 0 Å². The van der Waals surface area contributed by atoms with E-state index < -0.39 is 5.60 Å². The van der Waals surface area contributed by atoms with Crippen LogP contribution in [0.4, 0.5) is 10.2 Å². The number of halogens is 1. The van der Waals surface area contributed by atoms with Crippen LogP contribution in [0.15, 0.2) is 36.5 Å². The Morgan fingerprint density at radius 1 is 1.21 bits per heavy atom. The Morgan fingerprint density at radius 2 is 2.07 bits per heavy atom.